The maximum Gasteiger partial charge on any atom is 0.336 e. The molecule has 0 radical (unpaired) electrons. The molecule has 5 nitrogen and oxygen atoms in total. The van der Waals surface area contributed by atoms with Crippen LogP contribution in [0.3, 0.4) is 0 Å². The number of hydrogen-bond acceptors (Lipinski definition) is 5. The monoisotopic (exact) mass is 453 g/mol. The number of halogens is 1. The fourth-order valence-corrected chi connectivity index (χ4v) is 4.20. The fourth-order valence-electron chi connectivity index (χ4n) is 4.07. The summed E-state index contributed by atoms with van der Waals surface area (Å²) in [5.41, 5.74) is 4.93. The summed E-state index contributed by atoms with van der Waals surface area (Å²) in [6.45, 7) is 9.72. The van der Waals surface area contributed by atoms with Crippen molar-refractivity contribution in [2.24, 2.45) is 0 Å². The molecular formula is C26H28ClNO4. The molecule has 0 N–H and O–H groups in total. The van der Waals surface area contributed by atoms with Crippen LogP contribution in [0.4, 0.5) is 5.69 Å². The molecule has 32 heavy (non-hydrogen) atoms. The van der Waals surface area contributed by atoms with Gasteiger partial charge in [-0.05, 0) is 64.4 Å². The van der Waals surface area contributed by atoms with Crippen molar-refractivity contribution in [1.82, 2.24) is 0 Å². The van der Waals surface area contributed by atoms with Crippen molar-refractivity contribution < 1.29 is 19.1 Å². The number of hydrogen-bond donors (Lipinski definition) is 0. The van der Waals surface area contributed by atoms with E-state index in [-0.39, 0.29) is 13.2 Å². The van der Waals surface area contributed by atoms with Crippen molar-refractivity contribution in [1.29, 1.82) is 0 Å². The predicted octanol–water partition coefficient (Wildman–Crippen LogP) is 5.93. The Morgan fingerprint density at radius 1 is 0.812 bits per heavy atom. The van der Waals surface area contributed by atoms with Crippen LogP contribution in [0.5, 0.6) is 0 Å². The van der Waals surface area contributed by atoms with Crippen LogP contribution in [0.25, 0.3) is 0 Å². The predicted molar refractivity (Wildman–Crippen MR) is 127 cm³/mol. The topological polar surface area (TPSA) is 55.8 Å². The van der Waals surface area contributed by atoms with Gasteiger partial charge in [0, 0.05) is 22.1 Å². The van der Waals surface area contributed by atoms with Crippen LogP contribution in [0.2, 0.25) is 5.02 Å². The van der Waals surface area contributed by atoms with E-state index in [9.17, 15) is 9.59 Å². The molecule has 1 aliphatic rings. The third-order valence-corrected chi connectivity index (χ3v) is 5.77. The van der Waals surface area contributed by atoms with Crippen LogP contribution in [-0.2, 0) is 19.1 Å². The minimum atomic E-state index is -0.600. The highest BCUT2D eigenvalue weighted by atomic mass is 35.5. The summed E-state index contributed by atoms with van der Waals surface area (Å²) in [5, 5.41) is 0.600. The number of benzene rings is 2. The maximum absolute atomic E-state index is 13.2. The van der Waals surface area contributed by atoms with Gasteiger partial charge in [-0.1, -0.05) is 41.4 Å². The highest BCUT2D eigenvalue weighted by Gasteiger charge is 2.40. The minimum Gasteiger partial charge on any atom is -0.463 e. The summed E-state index contributed by atoms with van der Waals surface area (Å²) in [7, 11) is 0. The lowest BCUT2D eigenvalue weighted by Crippen LogP contribution is -2.35. The molecule has 0 amide bonds. The number of carbonyl (C=O) groups is 2. The van der Waals surface area contributed by atoms with Gasteiger partial charge in [-0.25, -0.2) is 9.59 Å². The van der Waals surface area contributed by atoms with E-state index in [1.54, 1.807) is 26.0 Å². The molecule has 0 saturated heterocycles. The van der Waals surface area contributed by atoms with Gasteiger partial charge >= 0.3 is 11.9 Å². The van der Waals surface area contributed by atoms with Crippen LogP contribution < -0.4 is 4.90 Å². The number of allylic oxidation sites excluding steroid dienone is 2. The molecule has 0 unspecified atom stereocenters. The molecule has 2 aromatic rings. The zero-order chi connectivity index (χ0) is 23.4. The third-order valence-electron chi connectivity index (χ3n) is 5.51. The molecule has 168 valence electrons. The average molecular weight is 454 g/mol. The van der Waals surface area contributed by atoms with Crippen LogP contribution in [0.15, 0.2) is 71.1 Å². The Labute approximate surface area is 194 Å². The average Bonchev–Trinajstić information content (AvgIpc) is 2.75. The molecule has 0 saturated carbocycles. The van der Waals surface area contributed by atoms with Crippen molar-refractivity contribution >= 4 is 29.2 Å². The molecule has 0 aliphatic carbocycles. The minimum absolute atomic E-state index is 0.231. The largest absolute Gasteiger partial charge is 0.463 e. The zero-order valence-electron chi connectivity index (χ0n) is 19.1. The highest BCUT2D eigenvalue weighted by Crippen LogP contribution is 2.44. The first kappa shape index (κ1) is 23.6. The number of rotatable bonds is 6. The van der Waals surface area contributed by atoms with Crippen molar-refractivity contribution in [2.45, 2.75) is 40.5 Å². The second-order valence-electron chi connectivity index (χ2n) is 7.59. The van der Waals surface area contributed by atoms with E-state index in [0.717, 1.165) is 16.8 Å². The van der Waals surface area contributed by atoms with E-state index in [2.05, 4.69) is 0 Å². The Bertz CT molecular complexity index is 1030. The van der Waals surface area contributed by atoms with E-state index in [4.69, 9.17) is 21.1 Å². The Morgan fingerprint density at radius 2 is 1.28 bits per heavy atom. The summed E-state index contributed by atoms with van der Waals surface area (Å²) in [6, 6.07) is 15.1. The molecular weight excluding hydrogens is 426 g/mol. The molecule has 0 spiro atoms. The zero-order valence-corrected chi connectivity index (χ0v) is 19.8. The first-order valence-electron chi connectivity index (χ1n) is 10.7. The summed E-state index contributed by atoms with van der Waals surface area (Å²) in [5.74, 6) is -1.51. The molecule has 1 heterocycles. The Balaban J connectivity index is 2.30. The van der Waals surface area contributed by atoms with E-state index in [1.165, 1.54) is 0 Å². The lowest BCUT2D eigenvalue weighted by molar-refractivity contribution is -0.139. The fraction of sp³-hybridized carbons (Fsp3) is 0.308. The SMILES string of the molecule is CCOC(=O)C1=C(C)N(c2ccc(Cl)cc2)C(C)=C(C(=O)OCC)C1c1ccc(C)cc1. The van der Waals surface area contributed by atoms with Gasteiger partial charge in [-0.3, -0.25) is 0 Å². The van der Waals surface area contributed by atoms with E-state index in [0.29, 0.717) is 27.6 Å². The normalized spacial score (nSPS) is 14.6. The maximum atomic E-state index is 13.2. The summed E-state index contributed by atoms with van der Waals surface area (Å²) in [6.07, 6.45) is 0. The molecule has 3 rings (SSSR count). The lowest BCUT2D eigenvalue weighted by atomic mass is 9.79. The summed E-state index contributed by atoms with van der Waals surface area (Å²) < 4.78 is 10.9. The number of carbonyl (C=O) groups excluding carboxylic acids is 2. The molecule has 0 atom stereocenters. The smallest absolute Gasteiger partial charge is 0.336 e. The summed E-state index contributed by atoms with van der Waals surface area (Å²) >= 11 is 6.09. The number of esters is 2. The second-order valence-corrected chi connectivity index (χ2v) is 8.03. The Kier molecular flexibility index (Phi) is 7.41. The first-order valence-corrected chi connectivity index (χ1v) is 11.1. The van der Waals surface area contributed by atoms with Crippen LogP contribution >= 0.6 is 11.6 Å². The van der Waals surface area contributed by atoms with Crippen LogP contribution in [0, 0.1) is 6.92 Å². The van der Waals surface area contributed by atoms with Gasteiger partial charge in [0.15, 0.2) is 0 Å². The van der Waals surface area contributed by atoms with Crippen molar-refractivity contribution in [2.75, 3.05) is 18.1 Å². The van der Waals surface area contributed by atoms with E-state index in [1.807, 2.05) is 62.1 Å². The van der Waals surface area contributed by atoms with Gasteiger partial charge in [0.1, 0.15) is 0 Å². The number of aryl methyl sites for hydroxylation is 1. The molecule has 6 heteroatoms. The Morgan fingerprint density at radius 3 is 1.72 bits per heavy atom. The van der Waals surface area contributed by atoms with Gasteiger partial charge in [0.25, 0.3) is 0 Å². The highest BCUT2D eigenvalue weighted by molar-refractivity contribution is 6.30. The molecule has 0 aromatic heterocycles. The number of anilines is 1. The van der Waals surface area contributed by atoms with E-state index < -0.39 is 17.9 Å². The van der Waals surface area contributed by atoms with Crippen molar-refractivity contribution in [3.05, 3.63) is 87.2 Å². The standard InChI is InChI=1S/C26H28ClNO4/c1-6-31-25(29)22-17(4)28(21-14-12-20(27)13-15-21)18(5)23(26(30)32-7-2)24(22)19-10-8-16(3)9-11-19/h8-15,24H,6-7H2,1-5H3. The van der Waals surface area contributed by atoms with Gasteiger partial charge in [0.05, 0.1) is 30.3 Å². The molecule has 0 bridgehead atoms. The number of ether oxygens (including phenoxy) is 2. The van der Waals surface area contributed by atoms with Gasteiger partial charge in [0.2, 0.25) is 0 Å². The summed E-state index contributed by atoms with van der Waals surface area (Å²) in [4.78, 5) is 28.3. The Hall–Kier alpha value is -3.05. The van der Waals surface area contributed by atoms with E-state index >= 15 is 0 Å². The van der Waals surface area contributed by atoms with Gasteiger partial charge < -0.3 is 14.4 Å². The molecule has 0 fully saturated rings. The van der Waals surface area contributed by atoms with Crippen LogP contribution in [0.1, 0.15) is 44.7 Å². The van der Waals surface area contributed by atoms with Crippen molar-refractivity contribution in [3.63, 3.8) is 0 Å². The van der Waals surface area contributed by atoms with Crippen LogP contribution in [-0.4, -0.2) is 25.2 Å². The van der Waals surface area contributed by atoms with Gasteiger partial charge in [-0.15, -0.1) is 0 Å². The third kappa shape index (κ3) is 4.58. The lowest BCUT2D eigenvalue weighted by Gasteiger charge is -2.38. The van der Waals surface area contributed by atoms with Gasteiger partial charge in [-0.2, -0.15) is 0 Å². The first-order chi connectivity index (χ1) is 15.3. The quantitative estimate of drug-likeness (QED) is 0.507. The molecule has 1 aliphatic heterocycles. The number of nitrogens with zero attached hydrogens (tertiary/aromatic N) is 1. The van der Waals surface area contributed by atoms with Crippen molar-refractivity contribution in [3.8, 4) is 0 Å². The second kappa shape index (κ2) is 10.0. The molecule has 2 aromatic carbocycles.